The van der Waals surface area contributed by atoms with Gasteiger partial charge in [0.1, 0.15) is 12.2 Å². The monoisotopic (exact) mass is 331 g/mol. The van der Waals surface area contributed by atoms with E-state index in [2.05, 4.69) is 12.1 Å². The van der Waals surface area contributed by atoms with Crippen molar-refractivity contribution in [3.05, 3.63) is 47.5 Å². The second-order valence-corrected chi connectivity index (χ2v) is 6.78. The van der Waals surface area contributed by atoms with Gasteiger partial charge < -0.3 is 20.2 Å². The topological polar surface area (TPSA) is 81.0 Å². The lowest BCUT2D eigenvalue weighted by molar-refractivity contribution is -0.132. The molecule has 2 aliphatic rings. The second kappa shape index (κ2) is 7.47. The molecule has 3 N–H and O–H groups in total. The summed E-state index contributed by atoms with van der Waals surface area (Å²) in [7, 11) is 0. The third kappa shape index (κ3) is 3.69. The lowest BCUT2D eigenvalue weighted by atomic mass is 9.89. The van der Waals surface area contributed by atoms with Crippen molar-refractivity contribution in [1.82, 2.24) is 4.90 Å². The summed E-state index contributed by atoms with van der Waals surface area (Å²) in [6.45, 7) is 0.697. The summed E-state index contributed by atoms with van der Waals surface area (Å²) in [5.74, 6) is -0.124. The Hall–Kier alpha value is -1.69. The normalized spacial score (nSPS) is 30.8. The van der Waals surface area contributed by atoms with Gasteiger partial charge in [0.05, 0.1) is 6.10 Å². The van der Waals surface area contributed by atoms with E-state index < -0.39 is 18.3 Å². The van der Waals surface area contributed by atoms with Crippen molar-refractivity contribution in [1.29, 1.82) is 0 Å². The summed E-state index contributed by atoms with van der Waals surface area (Å²) < 4.78 is 0. The Morgan fingerprint density at radius 1 is 1.12 bits per heavy atom. The number of piperidine rings is 1. The fourth-order valence-electron chi connectivity index (χ4n) is 3.66. The molecule has 1 aliphatic heterocycles. The highest BCUT2D eigenvalue weighted by Crippen LogP contribution is 2.26. The maximum absolute atomic E-state index is 12.9. The lowest BCUT2D eigenvalue weighted by Gasteiger charge is -2.38. The smallest absolute Gasteiger partial charge is 0.249 e. The first-order valence-corrected chi connectivity index (χ1v) is 8.66. The van der Waals surface area contributed by atoms with E-state index in [1.165, 1.54) is 11.6 Å². The number of rotatable bonds is 3. The molecule has 5 nitrogen and oxygen atoms in total. The van der Waals surface area contributed by atoms with Crippen LogP contribution in [0.3, 0.4) is 0 Å². The maximum atomic E-state index is 12.9. The molecule has 1 aromatic rings. The van der Waals surface area contributed by atoms with Crippen LogP contribution < -0.4 is 0 Å². The summed E-state index contributed by atoms with van der Waals surface area (Å²) in [5, 5.41) is 29.3. The van der Waals surface area contributed by atoms with Crippen LogP contribution >= 0.6 is 0 Å². The molecule has 0 spiro atoms. The summed E-state index contributed by atoms with van der Waals surface area (Å²) in [5.41, 5.74) is 1.61. The molecule has 1 heterocycles. The molecular formula is C19H25NO4. The third-order valence-corrected chi connectivity index (χ3v) is 5.02. The van der Waals surface area contributed by atoms with E-state index >= 15 is 0 Å². The minimum Gasteiger partial charge on any atom is -0.390 e. The van der Waals surface area contributed by atoms with Gasteiger partial charge >= 0.3 is 0 Å². The van der Waals surface area contributed by atoms with Gasteiger partial charge in [0, 0.05) is 24.6 Å². The van der Waals surface area contributed by atoms with Crippen LogP contribution in [0.15, 0.2) is 42.0 Å². The van der Waals surface area contributed by atoms with E-state index in [0.717, 1.165) is 25.7 Å². The zero-order chi connectivity index (χ0) is 17.1. The molecule has 0 aromatic heterocycles. The first-order chi connectivity index (χ1) is 11.6. The van der Waals surface area contributed by atoms with Crippen LogP contribution in [-0.2, 0) is 11.2 Å². The fourth-order valence-corrected chi connectivity index (χ4v) is 3.66. The molecule has 1 fully saturated rings. The second-order valence-electron chi connectivity index (χ2n) is 6.78. The number of carbonyl (C=O) groups excluding carboxylic acids is 1. The molecule has 0 radical (unpaired) electrons. The highest BCUT2D eigenvalue weighted by molar-refractivity contribution is 5.94. The van der Waals surface area contributed by atoms with E-state index in [0.29, 0.717) is 12.1 Å². The first-order valence-electron chi connectivity index (χ1n) is 8.66. The van der Waals surface area contributed by atoms with Crippen molar-refractivity contribution in [2.45, 2.75) is 56.5 Å². The van der Waals surface area contributed by atoms with Crippen LogP contribution in [0.2, 0.25) is 0 Å². The SMILES string of the molecule is O=C(C1=C[C@@H](O)[C@@H](O)[C@H](O)C1)N1CCCCC1Cc1ccccc1. The van der Waals surface area contributed by atoms with Crippen LogP contribution in [0, 0.1) is 0 Å². The van der Waals surface area contributed by atoms with Crippen molar-refractivity contribution in [2.24, 2.45) is 0 Å². The van der Waals surface area contributed by atoms with Crippen molar-refractivity contribution in [2.75, 3.05) is 6.54 Å². The van der Waals surface area contributed by atoms with E-state index in [1.54, 1.807) is 0 Å². The van der Waals surface area contributed by atoms with Gasteiger partial charge in [0.25, 0.3) is 0 Å². The number of carbonyl (C=O) groups is 1. The van der Waals surface area contributed by atoms with Crippen molar-refractivity contribution < 1.29 is 20.1 Å². The van der Waals surface area contributed by atoms with Crippen LogP contribution in [0.25, 0.3) is 0 Å². The van der Waals surface area contributed by atoms with Crippen molar-refractivity contribution in [3.8, 4) is 0 Å². The molecule has 5 heteroatoms. The summed E-state index contributed by atoms with van der Waals surface area (Å²) in [6.07, 6.45) is 1.83. The molecule has 4 atom stereocenters. The average molecular weight is 331 g/mol. The highest BCUT2D eigenvalue weighted by atomic mass is 16.4. The minimum absolute atomic E-state index is 0.0889. The number of benzene rings is 1. The largest absolute Gasteiger partial charge is 0.390 e. The molecule has 1 amide bonds. The Balaban J connectivity index is 1.75. The predicted molar refractivity (Wildman–Crippen MR) is 90.2 cm³/mol. The van der Waals surface area contributed by atoms with Gasteiger partial charge in [0.15, 0.2) is 0 Å². The molecule has 3 rings (SSSR count). The van der Waals surface area contributed by atoms with Gasteiger partial charge in [-0.3, -0.25) is 4.79 Å². The van der Waals surface area contributed by atoms with Crippen LogP contribution in [0.4, 0.5) is 0 Å². The van der Waals surface area contributed by atoms with Gasteiger partial charge in [-0.1, -0.05) is 30.3 Å². The Kier molecular flexibility index (Phi) is 5.33. The number of amides is 1. The van der Waals surface area contributed by atoms with Crippen LogP contribution in [-0.4, -0.2) is 57.0 Å². The van der Waals surface area contributed by atoms with Gasteiger partial charge in [-0.25, -0.2) is 0 Å². The fraction of sp³-hybridized carbons (Fsp3) is 0.526. The Labute approximate surface area is 142 Å². The predicted octanol–water partition coefficient (Wildman–Crippen LogP) is 1.02. The van der Waals surface area contributed by atoms with Crippen LogP contribution in [0.5, 0.6) is 0 Å². The molecule has 24 heavy (non-hydrogen) atoms. The van der Waals surface area contributed by atoms with Gasteiger partial charge in [-0.15, -0.1) is 0 Å². The molecule has 1 saturated heterocycles. The van der Waals surface area contributed by atoms with E-state index in [4.69, 9.17) is 0 Å². The van der Waals surface area contributed by atoms with Crippen LogP contribution in [0.1, 0.15) is 31.2 Å². The molecule has 0 saturated carbocycles. The van der Waals surface area contributed by atoms with Crippen molar-refractivity contribution in [3.63, 3.8) is 0 Å². The molecule has 1 unspecified atom stereocenters. The number of aliphatic hydroxyl groups is 3. The lowest BCUT2D eigenvalue weighted by Crippen LogP contribution is -2.48. The molecule has 0 bridgehead atoms. The maximum Gasteiger partial charge on any atom is 0.249 e. The summed E-state index contributed by atoms with van der Waals surface area (Å²) in [4.78, 5) is 14.8. The molecule has 1 aromatic carbocycles. The van der Waals surface area contributed by atoms with Gasteiger partial charge in [-0.05, 0) is 37.3 Å². The zero-order valence-corrected chi connectivity index (χ0v) is 13.7. The highest BCUT2D eigenvalue weighted by Gasteiger charge is 2.35. The minimum atomic E-state index is -1.22. The molecule has 130 valence electrons. The summed E-state index contributed by atoms with van der Waals surface area (Å²) >= 11 is 0. The zero-order valence-electron chi connectivity index (χ0n) is 13.7. The quantitative estimate of drug-likeness (QED) is 0.772. The summed E-state index contributed by atoms with van der Waals surface area (Å²) in [6, 6.07) is 10.3. The first kappa shape index (κ1) is 17.1. The van der Waals surface area contributed by atoms with Crippen molar-refractivity contribution >= 4 is 5.91 Å². The average Bonchev–Trinajstić information content (AvgIpc) is 2.60. The third-order valence-electron chi connectivity index (χ3n) is 5.02. The number of likely N-dealkylation sites (tertiary alicyclic amines) is 1. The molecular weight excluding hydrogens is 306 g/mol. The Morgan fingerprint density at radius 2 is 1.88 bits per heavy atom. The van der Waals surface area contributed by atoms with Gasteiger partial charge in [-0.2, -0.15) is 0 Å². The number of aliphatic hydroxyl groups excluding tert-OH is 3. The Bertz CT molecular complexity index is 601. The Morgan fingerprint density at radius 3 is 2.58 bits per heavy atom. The van der Waals surface area contributed by atoms with E-state index in [9.17, 15) is 20.1 Å². The number of nitrogens with zero attached hydrogens (tertiary/aromatic N) is 1. The number of hydrogen-bond donors (Lipinski definition) is 3. The van der Waals surface area contributed by atoms with Gasteiger partial charge in [0.2, 0.25) is 5.91 Å². The standard InChI is InChI=1S/C19H25NO4/c21-16-11-14(12-17(22)18(16)23)19(24)20-9-5-4-8-15(20)10-13-6-2-1-3-7-13/h1-3,6-7,11,15-18,21-23H,4-5,8-10,12H2/t15?,16-,17-,18-/m1/s1. The van der Waals surface area contributed by atoms with E-state index in [-0.39, 0.29) is 18.4 Å². The number of hydrogen-bond acceptors (Lipinski definition) is 4. The van der Waals surface area contributed by atoms with E-state index in [1.807, 2.05) is 23.1 Å². The molecule has 1 aliphatic carbocycles.